The van der Waals surface area contributed by atoms with E-state index in [0.29, 0.717) is 0 Å². The fraction of sp³-hybridized carbons (Fsp3) is 1.00. The summed E-state index contributed by atoms with van der Waals surface area (Å²) in [5, 5.41) is 0. The normalized spacial score (nSPS) is 27.4. The molecule has 84 valence electrons. The summed E-state index contributed by atoms with van der Waals surface area (Å²) in [6, 6.07) is 0. The van der Waals surface area contributed by atoms with Crippen molar-refractivity contribution >= 4 is 0 Å². The summed E-state index contributed by atoms with van der Waals surface area (Å²) in [7, 11) is 0. The fourth-order valence-electron chi connectivity index (χ4n) is 1.74. The van der Waals surface area contributed by atoms with Crippen LogP contribution in [0.25, 0.3) is 0 Å². The van der Waals surface area contributed by atoms with Gasteiger partial charge in [-0.05, 0) is 25.2 Å². The van der Waals surface area contributed by atoms with Crippen molar-refractivity contribution in [2.45, 2.75) is 40.0 Å². The van der Waals surface area contributed by atoms with Crippen LogP contribution < -0.4 is 0 Å². The molecule has 0 spiro atoms. The minimum atomic E-state index is 0.290. The first-order valence-electron chi connectivity index (χ1n) is 5.78. The second-order valence-corrected chi connectivity index (χ2v) is 5.20. The molecule has 1 saturated heterocycles. The molecule has 0 aromatic rings. The van der Waals surface area contributed by atoms with Gasteiger partial charge in [-0.15, -0.1) is 0 Å². The van der Waals surface area contributed by atoms with Crippen LogP contribution in [0.3, 0.4) is 0 Å². The standard InChI is InChI=1S/C12H24O2/c1-11(2)5-4-7-13-9-12(3)6-8-14-10-12/h11H,4-10H2,1-3H3. The number of hydrogen-bond acceptors (Lipinski definition) is 2. The molecule has 0 aromatic heterocycles. The molecule has 0 saturated carbocycles. The van der Waals surface area contributed by atoms with Crippen molar-refractivity contribution < 1.29 is 9.47 Å². The van der Waals surface area contributed by atoms with Gasteiger partial charge in [-0.2, -0.15) is 0 Å². The molecule has 1 aliphatic rings. The Morgan fingerprint density at radius 1 is 1.43 bits per heavy atom. The lowest BCUT2D eigenvalue weighted by Gasteiger charge is -2.21. The molecule has 14 heavy (non-hydrogen) atoms. The van der Waals surface area contributed by atoms with Gasteiger partial charge in [0.15, 0.2) is 0 Å². The highest BCUT2D eigenvalue weighted by atomic mass is 16.5. The Hall–Kier alpha value is -0.0800. The van der Waals surface area contributed by atoms with Crippen LogP contribution in [0.4, 0.5) is 0 Å². The lowest BCUT2D eigenvalue weighted by molar-refractivity contribution is 0.0412. The Morgan fingerprint density at radius 3 is 2.79 bits per heavy atom. The molecule has 1 rings (SSSR count). The van der Waals surface area contributed by atoms with Crippen LogP contribution in [-0.2, 0) is 9.47 Å². The quantitative estimate of drug-likeness (QED) is 0.614. The molecule has 0 aliphatic carbocycles. The summed E-state index contributed by atoms with van der Waals surface area (Å²) >= 11 is 0. The zero-order valence-electron chi connectivity index (χ0n) is 9.84. The molecule has 1 atom stereocenters. The van der Waals surface area contributed by atoms with Crippen molar-refractivity contribution in [2.75, 3.05) is 26.4 Å². The fourth-order valence-corrected chi connectivity index (χ4v) is 1.74. The number of ether oxygens (including phenoxy) is 2. The highest BCUT2D eigenvalue weighted by molar-refractivity contribution is 4.77. The second kappa shape index (κ2) is 5.72. The van der Waals surface area contributed by atoms with Crippen molar-refractivity contribution in [3.8, 4) is 0 Å². The number of rotatable bonds is 6. The summed E-state index contributed by atoms with van der Waals surface area (Å²) in [4.78, 5) is 0. The van der Waals surface area contributed by atoms with E-state index in [1.807, 2.05) is 0 Å². The maximum atomic E-state index is 5.69. The maximum absolute atomic E-state index is 5.69. The molecule has 0 amide bonds. The van der Waals surface area contributed by atoms with Gasteiger partial charge in [0.25, 0.3) is 0 Å². The monoisotopic (exact) mass is 200 g/mol. The van der Waals surface area contributed by atoms with Crippen LogP contribution in [0.1, 0.15) is 40.0 Å². The summed E-state index contributed by atoms with van der Waals surface area (Å²) in [6.07, 6.45) is 3.61. The highest BCUT2D eigenvalue weighted by Crippen LogP contribution is 2.27. The number of hydrogen-bond donors (Lipinski definition) is 0. The van der Waals surface area contributed by atoms with Crippen LogP contribution in [-0.4, -0.2) is 26.4 Å². The maximum Gasteiger partial charge on any atom is 0.0542 e. The second-order valence-electron chi connectivity index (χ2n) is 5.20. The molecule has 0 bridgehead atoms. The first-order chi connectivity index (χ1) is 6.62. The third kappa shape index (κ3) is 4.43. The Bertz CT molecular complexity index is 148. The predicted molar refractivity (Wildman–Crippen MR) is 58.4 cm³/mol. The van der Waals surface area contributed by atoms with E-state index in [1.54, 1.807) is 0 Å². The van der Waals surface area contributed by atoms with Crippen LogP contribution in [0, 0.1) is 11.3 Å². The summed E-state index contributed by atoms with van der Waals surface area (Å²) in [5.41, 5.74) is 0.290. The Labute approximate surface area is 88.0 Å². The van der Waals surface area contributed by atoms with E-state index in [2.05, 4.69) is 20.8 Å². The average Bonchev–Trinajstić information content (AvgIpc) is 2.51. The minimum Gasteiger partial charge on any atom is -0.381 e. The Morgan fingerprint density at radius 2 is 2.21 bits per heavy atom. The molecule has 0 N–H and O–H groups in total. The first kappa shape index (κ1) is 12.0. The van der Waals surface area contributed by atoms with Gasteiger partial charge in [0.05, 0.1) is 13.2 Å². The van der Waals surface area contributed by atoms with Crippen LogP contribution in [0.2, 0.25) is 0 Å². The van der Waals surface area contributed by atoms with Crippen LogP contribution in [0.5, 0.6) is 0 Å². The SMILES string of the molecule is CC(C)CCCOCC1(C)CCOC1. The predicted octanol–water partition coefficient (Wildman–Crippen LogP) is 2.87. The van der Waals surface area contributed by atoms with Gasteiger partial charge < -0.3 is 9.47 Å². The van der Waals surface area contributed by atoms with E-state index >= 15 is 0 Å². The molecule has 2 heteroatoms. The topological polar surface area (TPSA) is 18.5 Å². The van der Waals surface area contributed by atoms with Gasteiger partial charge >= 0.3 is 0 Å². The molecule has 1 heterocycles. The van der Waals surface area contributed by atoms with Crippen molar-refractivity contribution in [1.82, 2.24) is 0 Å². The zero-order chi connectivity index (χ0) is 10.4. The van der Waals surface area contributed by atoms with E-state index in [-0.39, 0.29) is 5.41 Å². The van der Waals surface area contributed by atoms with E-state index in [1.165, 1.54) is 12.8 Å². The van der Waals surface area contributed by atoms with Crippen LogP contribution in [0.15, 0.2) is 0 Å². The molecule has 1 unspecified atom stereocenters. The molecule has 0 radical (unpaired) electrons. The van der Waals surface area contributed by atoms with Gasteiger partial charge in [-0.1, -0.05) is 20.8 Å². The van der Waals surface area contributed by atoms with Crippen LogP contribution >= 0.6 is 0 Å². The Kier molecular flexibility index (Phi) is 4.90. The molecular formula is C12H24O2. The van der Waals surface area contributed by atoms with Crippen molar-refractivity contribution in [2.24, 2.45) is 11.3 Å². The largest absolute Gasteiger partial charge is 0.381 e. The van der Waals surface area contributed by atoms with Gasteiger partial charge in [0.1, 0.15) is 0 Å². The zero-order valence-corrected chi connectivity index (χ0v) is 9.84. The third-order valence-electron chi connectivity index (χ3n) is 2.82. The highest BCUT2D eigenvalue weighted by Gasteiger charge is 2.29. The van der Waals surface area contributed by atoms with Gasteiger partial charge in [-0.3, -0.25) is 0 Å². The minimum absolute atomic E-state index is 0.290. The third-order valence-corrected chi connectivity index (χ3v) is 2.82. The first-order valence-corrected chi connectivity index (χ1v) is 5.78. The summed E-state index contributed by atoms with van der Waals surface area (Å²) in [6.45, 7) is 10.3. The average molecular weight is 200 g/mol. The summed E-state index contributed by atoms with van der Waals surface area (Å²) in [5.74, 6) is 0.795. The van der Waals surface area contributed by atoms with E-state index < -0.39 is 0 Å². The summed E-state index contributed by atoms with van der Waals surface area (Å²) < 4.78 is 11.1. The molecule has 1 aliphatic heterocycles. The van der Waals surface area contributed by atoms with Gasteiger partial charge in [0, 0.05) is 18.6 Å². The van der Waals surface area contributed by atoms with Crippen molar-refractivity contribution in [1.29, 1.82) is 0 Å². The molecule has 2 nitrogen and oxygen atoms in total. The molecule has 1 fully saturated rings. The van der Waals surface area contributed by atoms with Gasteiger partial charge in [0.2, 0.25) is 0 Å². The molecular weight excluding hydrogens is 176 g/mol. The molecule has 0 aromatic carbocycles. The lowest BCUT2D eigenvalue weighted by atomic mass is 9.91. The van der Waals surface area contributed by atoms with Crippen molar-refractivity contribution in [3.63, 3.8) is 0 Å². The van der Waals surface area contributed by atoms with Gasteiger partial charge in [-0.25, -0.2) is 0 Å². The van der Waals surface area contributed by atoms with E-state index in [0.717, 1.165) is 38.8 Å². The lowest BCUT2D eigenvalue weighted by Crippen LogP contribution is -2.23. The van der Waals surface area contributed by atoms with Crippen molar-refractivity contribution in [3.05, 3.63) is 0 Å². The smallest absolute Gasteiger partial charge is 0.0542 e. The Balaban J connectivity index is 1.98. The van der Waals surface area contributed by atoms with E-state index in [9.17, 15) is 0 Å². The van der Waals surface area contributed by atoms with E-state index in [4.69, 9.17) is 9.47 Å².